The van der Waals surface area contributed by atoms with Crippen molar-refractivity contribution in [2.45, 2.75) is 31.0 Å². The van der Waals surface area contributed by atoms with Gasteiger partial charge in [-0.3, -0.25) is 4.79 Å². The molecule has 2 aromatic heterocycles. The molecule has 6 nitrogen and oxygen atoms in total. The minimum absolute atomic E-state index is 0.0738. The molecule has 1 aliphatic rings. The number of thioether (sulfide) groups is 1. The van der Waals surface area contributed by atoms with Gasteiger partial charge in [0.15, 0.2) is 0 Å². The highest BCUT2D eigenvalue weighted by atomic mass is 32.2. The maximum Gasteiger partial charge on any atom is 0.256 e. The van der Waals surface area contributed by atoms with Gasteiger partial charge in [-0.05, 0) is 46.0 Å². The Hall–Kier alpha value is -1.86. The van der Waals surface area contributed by atoms with Crippen LogP contribution in [0.3, 0.4) is 0 Å². The first-order valence-electron chi connectivity index (χ1n) is 8.53. The summed E-state index contributed by atoms with van der Waals surface area (Å²) in [4.78, 5) is 21.7. The van der Waals surface area contributed by atoms with Gasteiger partial charge in [-0.1, -0.05) is 5.16 Å². The summed E-state index contributed by atoms with van der Waals surface area (Å²) in [6.45, 7) is 7.35. The number of carbonyl (C=O) groups is 1. The zero-order valence-corrected chi connectivity index (χ0v) is 15.8. The Kier molecular flexibility index (Phi) is 5.75. The van der Waals surface area contributed by atoms with Crippen molar-refractivity contribution in [2.75, 3.05) is 33.2 Å². The van der Waals surface area contributed by atoms with E-state index in [0.29, 0.717) is 11.3 Å². The van der Waals surface area contributed by atoms with Crippen LogP contribution in [0, 0.1) is 13.8 Å². The average molecular weight is 360 g/mol. The fourth-order valence-corrected chi connectivity index (χ4v) is 4.08. The molecule has 1 saturated heterocycles. The van der Waals surface area contributed by atoms with Crippen molar-refractivity contribution < 1.29 is 9.32 Å². The second-order valence-corrected chi connectivity index (χ2v) is 7.36. The molecule has 2 aromatic rings. The molecule has 0 bridgehead atoms. The Morgan fingerprint density at radius 2 is 2.12 bits per heavy atom. The minimum atomic E-state index is 0.0738. The van der Waals surface area contributed by atoms with Gasteiger partial charge in [0.25, 0.3) is 5.91 Å². The van der Waals surface area contributed by atoms with Gasteiger partial charge in [0.2, 0.25) is 0 Å². The molecule has 1 amide bonds. The maximum atomic E-state index is 13.0. The molecule has 25 heavy (non-hydrogen) atoms. The molecule has 0 atom stereocenters. The Morgan fingerprint density at radius 1 is 1.28 bits per heavy atom. The van der Waals surface area contributed by atoms with Crippen LogP contribution in [0.5, 0.6) is 0 Å². The lowest BCUT2D eigenvalue weighted by Gasteiger charge is -2.21. The summed E-state index contributed by atoms with van der Waals surface area (Å²) in [7, 11) is 2.10. The summed E-state index contributed by atoms with van der Waals surface area (Å²) in [5, 5.41) is 4.76. The quantitative estimate of drug-likeness (QED) is 0.782. The van der Waals surface area contributed by atoms with Crippen LogP contribution in [-0.2, 0) is 5.75 Å². The Balaban J connectivity index is 1.75. The van der Waals surface area contributed by atoms with E-state index in [-0.39, 0.29) is 5.91 Å². The fourth-order valence-electron chi connectivity index (χ4n) is 2.94. The first kappa shape index (κ1) is 17.9. The number of nitrogens with zero attached hydrogens (tertiary/aromatic N) is 4. The van der Waals surface area contributed by atoms with E-state index in [1.54, 1.807) is 18.0 Å². The molecule has 0 unspecified atom stereocenters. The van der Waals surface area contributed by atoms with Crippen LogP contribution in [0.4, 0.5) is 0 Å². The molecule has 0 aliphatic carbocycles. The fraction of sp³-hybridized carbons (Fsp3) is 0.500. The second kappa shape index (κ2) is 8.01. The lowest BCUT2D eigenvalue weighted by molar-refractivity contribution is 0.0758. The second-order valence-electron chi connectivity index (χ2n) is 6.40. The monoisotopic (exact) mass is 360 g/mol. The smallest absolute Gasteiger partial charge is 0.256 e. The Morgan fingerprint density at radius 3 is 2.88 bits per heavy atom. The maximum absolute atomic E-state index is 13.0. The highest BCUT2D eigenvalue weighted by Gasteiger charge is 2.22. The van der Waals surface area contributed by atoms with Crippen LogP contribution in [0.15, 0.2) is 27.9 Å². The normalized spacial score (nSPS) is 16.0. The van der Waals surface area contributed by atoms with Crippen molar-refractivity contribution in [1.29, 1.82) is 0 Å². The molecule has 1 fully saturated rings. The zero-order valence-electron chi connectivity index (χ0n) is 15.0. The third-order valence-corrected chi connectivity index (χ3v) is 5.57. The number of aryl methyl sites for hydroxylation is 2. The molecule has 0 spiro atoms. The number of pyridine rings is 1. The first-order valence-corrected chi connectivity index (χ1v) is 9.52. The third-order valence-electron chi connectivity index (χ3n) is 4.54. The van der Waals surface area contributed by atoms with E-state index in [0.717, 1.165) is 54.6 Å². The molecular weight excluding hydrogens is 336 g/mol. The summed E-state index contributed by atoms with van der Waals surface area (Å²) in [6.07, 6.45) is 2.74. The summed E-state index contributed by atoms with van der Waals surface area (Å²) >= 11 is 1.56. The molecule has 7 heteroatoms. The predicted octanol–water partition coefficient (Wildman–Crippen LogP) is 2.76. The topological polar surface area (TPSA) is 62.5 Å². The number of rotatable bonds is 4. The number of hydrogen-bond donors (Lipinski definition) is 0. The van der Waals surface area contributed by atoms with Gasteiger partial charge in [0.05, 0.1) is 11.3 Å². The van der Waals surface area contributed by atoms with Crippen molar-refractivity contribution in [1.82, 2.24) is 19.9 Å². The van der Waals surface area contributed by atoms with Crippen LogP contribution >= 0.6 is 11.8 Å². The molecule has 0 N–H and O–H groups in total. The van der Waals surface area contributed by atoms with Crippen LogP contribution in [-0.4, -0.2) is 59.1 Å². The van der Waals surface area contributed by atoms with Crippen molar-refractivity contribution in [3.05, 3.63) is 40.9 Å². The Labute approximate surface area is 152 Å². The highest BCUT2D eigenvalue weighted by molar-refractivity contribution is 7.98. The number of carbonyl (C=O) groups excluding carboxylic acids is 1. The van der Waals surface area contributed by atoms with Crippen LogP contribution in [0.1, 0.15) is 33.8 Å². The Bertz CT molecular complexity index is 727. The van der Waals surface area contributed by atoms with Gasteiger partial charge in [-0.2, -0.15) is 0 Å². The number of aromatic nitrogens is 2. The molecule has 0 saturated carbocycles. The molecule has 3 rings (SSSR count). The molecular formula is C18H24N4O2S. The summed E-state index contributed by atoms with van der Waals surface area (Å²) in [5.41, 5.74) is 2.65. The van der Waals surface area contributed by atoms with E-state index < -0.39 is 0 Å². The minimum Gasteiger partial charge on any atom is -0.361 e. The van der Waals surface area contributed by atoms with E-state index in [4.69, 9.17) is 4.52 Å². The largest absolute Gasteiger partial charge is 0.361 e. The summed E-state index contributed by atoms with van der Waals surface area (Å²) in [5.74, 6) is 1.59. The lowest BCUT2D eigenvalue weighted by Crippen LogP contribution is -2.34. The number of amides is 1. The molecule has 134 valence electrons. The van der Waals surface area contributed by atoms with Gasteiger partial charge in [-0.25, -0.2) is 4.98 Å². The van der Waals surface area contributed by atoms with Crippen molar-refractivity contribution >= 4 is 17.7 Å². The standard InChI is InChI=1S/C18H24N4O2S/c1-13-16(14(2)24-20-13)12-25-17-15(6-4-7-19-17)18(23)22-9-5-8-21(3)10-11-22/h4,6-7H,5,8-12H2,1-3H3. The van der Waals surface area contributed by atoms with Gasteiger partial charge in [-0.15, -0.1) is 11.8 Å². The van der Waals surface area contributed by atoms with Crippen LogP contribution in [0.2, 0.25) is 0 Å². The molecule has 0 aromatic carbocycles. The van der Waals surface area contributed by atoms with Crippen LogP contribution < -0.4 is 0 Å². The first-order chi connectivity index (χ1) is 12.1. The molecule has 1 aliphatic heterocycles. The molecule has 3 heterocycles. The third kappa shape index (κ3) is 4.22. The summed E-state index contributed by atoms with van der Waals surface area (Å²) < 4.78 is 5.22. The predicted molar refractivity (Wildman–Crippen MR) is 97.8 cm³/mol. The van der Waals surface area contributed by atoms with E-state index >= 15 is 0 Å². The number of likely N-dealkylation sites (N-methyl/N-ethyl adjacent to an activating group) is 1. The molecule has 0 radical (unpaired) electrons. The van der Waals surface area contributed by atoms with Gasteiger partial charge >= 0.3 is 0 Å². The highest BCUT2D eigenvalue weighted by Crippen LogP contribution is 2.28. The lowest BCUT2D eigenvalue weighted by atomic mass is 10.2. The van der Waals surface area contributed by atoms with Crippen molar-refractivity contribution in [3.8, 4) is 0 Å². The van der Waals surface area contributed by atoms with Gasteiger partial charge < -0.3 is 14.3 Å². The van der Waals surface area contributed by atoms with Crippen molar-refractivity contribution in [3.63, 3.8) is 0 Å². The van der Waals surface area contributed by atoms with Gasteiger partial charge in [0, 0.05) is 37.1 Å². The van der Waals surface area contributed by atoms with E-state index in [2.05, 4.69) is 22.1 Å². The van der Waals surface area contributed by atoms with Crippen molar-refractivity contribution in [2.24, 2.45) is 0 Å². The number of hydrogen-bond acceptors (Lipinski definition) is 6. The van der Waals surface area contributed by atoms with E-state index in [1.165, 1.54) is 0 Å². The zero-order chi connectivity index (χ0) is 17.8. The SMILES string of the molecule is Cc1noc(C)c1CSc1ncccc1C(=O)N1CCCN(C)CC1. The van der Waals surface area contributed by atoms with Crippen LogP contribution in [0.25, 0.3) is 0 Å². The average Bonchev–Trinajstić information content (AvgIpc) is 2.80. The van der Waals surface area contributed by atoms with E-state index in [1.807, 2.05) is 30.9 Å². The summed E-state index contributed by atoms with van der Waals surface area (Å²) in [6, 6.07) is 3.71. The van der Waals surface area contributed by atoms with Gasteiger partial charge in [0.1, 0.15) is 10.8 Å². The van der Waals surface area contributed by atoms with E-state index in [9.17, 15) is 4.79 Å².